The van der Waals surface area contributed by atoms with Crippen LogP contribution in [0.5, 0.6) is 0 Å². The number of carbonyl (C=O) groups is 1. The second kappa shape index (κ2) is 12.9. The average molecular weight is 643 g/mol. The number of ether oxygens (including phenoxy) is 1. The molecule has 0 radical (unpaired) electrons. The van der Waals surface area contributed by atoms with Crippen LogP contribution in [0.15, 0.2) is 54.0 Å². The fourth-order valence-corrected chi connectivity index (χ4v) is 6.24. The number of aromatic nitrogens is 4. The number of anilines is 1. The van der Waals surface area contributed by atoms with Crippen molar-refractivity contribution < 1.29 is 9.53 Å². The van der Waals surface area contributed by atoms with E-state index in [2.05, 4.69) is 39.2 Å². The van der Waals surface area contributed by atoms with Crippen molar-refractivity contribution in [3.63, 3.8) is 0 Å². The van der Waals surface area contributed by atoms with Gasteiger partial charge in [-0.15, -0.1) is 0 Å². The van der Waals surface area contributed by atoms with E-state index in [0.29, 0.717) is 52.9 Å². The molecule has 1 aromatic carbocycles. The smallest absolute Gasteiger partial charge is 0.410 e. The summed E-state index contributed by atoms with van der Waals surface area (Å²) in [5.74, 6) is 0.613. The van der Waals surface area contributed by atoms with Crippen molar-refractivity contribution in [1.82, 2.24) is 24.4 Å². The maximum atomic E-state index is 14.4. The molecule has 4 heterocycles. The second-order valence-corrected chi connectivity index (χ2v) is 13.9. The molecule has 10 heteroatoms. The van der Waals surface area contributed by atoms with Gasteiger partial charge < -0.3 is 14.5 Å². The minimum atomic E-state index is -0.597. The summed E-state index contributed by atoms with van der Waals surface area (Å²) < 4.78 is 7.24. The van der Waals surface area contributed by atoms with E-state index in [1.54, 1.807) is 21.7 Å². The van der Waals surface area contributed by atoms with Crippen molar-refractivity contribution in [3.05, 3.63) is 81.5 Å². The van der Waals surface area contributed by atoms with Crippen molar-refractivity contribution >= 4 is 40.6 Å². The number of hydrogen-bond acceptors (Lipinski definition) is 7. The van der Waals surface area contributed by atoms with Gasteiger partial charge in [-0.3, -0.25) is 4.98 Å². The van der Waals surface area contributed by atoms with Gasteiger partial charge in [-0.1, -0.05) is 76.2 Å². The van der Waals surface area contributed by atoms with Crippen LogP contribution in [0.4, 0.5) is 10.6 Å². The largest absolute Gasteiger partial charge is 0.444 e. The van der Waals surface area contributed by atoms with Gasteiger partial charge in [0.05, 0.1) is 27.5 Å². The Morgan fingerprint density at radius 2 is 1.80 bits per heavy atom. The molecular formula is C36H43ClN6O3. The molecule has 1 aliphatic rings. The first-order chi connectivity index (χ1) is 21.7. The lowest BCUT2D eigenvalue weighted by atomic mass is 9.97. The van der Waals surface area contributed by atoms with Crippen LogP contribution in [0, 0.1) is 0 Å². The summed E-state index contributed by atoms with van der Waals surface area (Å²) >= 11 is 7.03. The molecule has 1 aliphatic heterocycles. The molecule has 0 aliphatic carbocycles. The van der Waals surface area contributed by atoms with Crippen LogP contribution in [-0.2, 0) is 4.74 Å². The van der Waals surface area contributed by atoms with Crippen LogP contribution in [0.1, 0.15) is 84.0 Å². The first-order valence-electron chi connectivity index (χ1n) is 15.8. The third-order valence-electron chi connectivity index (χ3n) is 8.16. The standard InChI is InChI=1S/C36H43ClN6O3/c1-10-24-13-11-12-14-26(24)30-28(37)19-27-32(42-18-17-41(20-23(42)6)35(45)46-36(7,8)9)40-34(44)43(33(27)39-30)31-25(21(2)3)15-16-38-29(31)22(4)5/h10-16,19,21-23H,1,17-18,20H2,2-9H3/t23-/m0/s1. The number of hydrogen-bond donors (Lipinski definition) is 0. The topological polar surface area (TPSA) is 93.5 Å². The number of pyridine rings is 2. The molecule has 4 aromatic rings. The van der Waals surface area contributed by atoms with Gasteiger partial charge in [-0.25, -0.2) is 19.1 Å². The van der Waals surface area contributed by atoms with Gasteiger partial charge in [0.15, 0.2) is 5.65 Å². The van der Waals surface area contributed by atoms with E-state index in [1.807, 2.05) is 64.1 Å². The third kappa shape index (κ3) is 6.38. The number of rotatable bonds is 6. The van der Waals surface area contributed by atoms with Gasteiger partial charge >= 0.3 is 11.8 Å². The Morgan fingerprint density at radius 3 is 2.43 bits per heavy atom. The van der Waals surface area contributed by atoms with Crippen LogP contribution in [0.3, 0.4) is 0 Å². The van der Waals surface area contributed by atoms with Crippen molar-refractivity contribution in [3.8, 4) is 16.9 Å². The zero-order valence-electron chi connectivity index (χ0n) is 28.0. The Balaban J connectivity index is 1.77. The van der Waals surface area contributed by atoms with Crippen molar-refractivity contribution in [1.29, 1.82) is 0 Å². The zero-order chi connectivity index (χ0) is 33.5. The number of halogens is 1. The highest BCUT2D eigenvalue weighted by atomic mass is 35.5. The van der Waals surface area contributed by atoms with Gasteiger partial charge in [0.1, 0.15) is 11.4 Å². The fraction of sp³-hybridized carbons (Fsp3) is 0.417. The Kier molecular flexibility index (Phi) is 9.27. The number of carbonyl (C=O) groups excluding carboxylic acids is 1. The quantitative estimate of drug-likeness (QED) is 0.212. The van der Waals surface area contributed by atoms with Crippen molar-refractivity contribution in [2.75, 3.05) is 24.5 Å². The minimum absolute atomic E-state index is 0.0320. The second-order valence-electron chi connectivity index (χ2n) is 13.4. The van der Waals surface area contributed by atoms with Crippen LogP contribution >= 0.6 is 11.6 Å². The lowest BCUT2D eigenvalue weighted by molar-refractivity contribution is 0.0218. The minimum Gasteiger partial charge on any atom is -0.444 e. The summed E-state index contributed by atoms with van der Waals surface area (Å²) in [4.78, 5) is 45.6. The monoisotopic (exact) mass is 642 g/mol. The molecule has 0 unspecified atom stereocenters. The van der Waals surface area contributed by atoms with E-state index < -0.39 is 11.3 Å². The molecular weight excluding hydrogens is 600 g/mol. The van der Waals surface area contributed by atoms with E-state index in [1.165, 1.54) is 0 Å². The number of fused-ring (bicyclic) bond motifs is 1. The highest BCUT2D eigenvalue weighted by molar-refractivity contribution is 6.34. The zero-order valence-corrected chi connectivity index (χ0v) is 28.7. The van der Waals surface area contributed by atoms with Crippen LogP contribution in [-0.4, -0.2) is 61.8 Å². The number of nitrogens with zero attached hydrogens (tertiary/aromatic N) is 6. The Bertz CT molecular complexity index is 1830. The Morgan fingerprint density at radius 1 is 1.09 bits per heavy atom. The van der Waals surface area contributed by atoms with Crippen LogP contribution in [0.2, 0.25) is 5.02 Å². The molecule has 1 saturated heterocycles. The third-order valence-corrected chi connectivity index (χ3v) is 8.45. The first kappa shape index (κ1) is 33.1. The molecule has 0 bridgehead atoms. The average Bonchev–Trinajstić information content (AvgIpc) is 2.99. The summed E-state index contributed by atoms with van der Waals surface area (Å²) in [5, 5.41) is 1.06. The number of piperazine rings is 1. The molecule has 1 fully saturated rings. The van der Waals surface area contributed by atoms with E-state index >= 15 is 0 Å². The lowest BCUT2D eigenvalue weighted by Crippen LogP contribution is -2.55. The van der Waals surface area contributed by atoms with E-state index in [4.69, 9.17) is 31.3 Å². The van der Waals surface area contributed by atoms with E-state index in [-0.39, 0.29) is 24.0 Å². The highest BCUT2D eigenvalue weighted by Gasteiger charge is 2.33. The van der Waals surface area contributed by atoms with Gasteiger partial charge in [-0.05, 0) is 62.8 Å². The first-order valence-corrected chi connectivity index (χ1v) is 16.2. The summed E-state index contributed by atoms with van der Waals surface area (Å²) in [6, 6.07) is 11.4. The summed E-state index contributed by atoms with van der Waals surface area (Å²) in [6.45, 7) is 21.1. The molecule has 0 saturated carbocycles. The van der Waals surface area contributed by atoms with E-state index in [0.717, 1.165) is 22.4 Å². The Labute approximate surface area is 275 Å². The predicted molar refractivity (Wildman–Crippen MR) is 186 cm³/mol. The molecule has 46 heavy (non-hydrogen) atoms. The molecule has 242 valence electrons. The van der Waals surface area contributed by atoms with Gasteiger partial charge in [0.25, 0.3) is 0 Å². The molecule has 3 aromatic heterocycles. The maximum Gasteiger partial charge on any atom is 0.410 e. The molecule has 9 nitrogen and oxygen atoms in total. The normalized spacial score (nSPS) is 15.6. The van der Waals surface area contributed by atoms with Gasteiger partial charge in [0, 0.05) is 37.4 Å². The predicted octanol–water partition coefficient (Wildman–Crippen LogP) is 7.83. The molecule has 0 spiro atoms. The molecule has 1 amide bonds. The van der Waals surface area contributed by atoms with Gasteiger partial charge in [-0.2, -0.15) is 4.98 Å². The maximum absolute atomic E-state index is 14.4. The summed E-state index contributed by atoms with van der Waals surface area (Å²) in [5.41, 5.74) is 4.06. The highest BCUT2D eigenvalue weighted by Crippen LogP contribution is 2.37. The summed E-state index contributed by atoms with van der Waals surface area (Å²) in [6.07, 6.45) is 3.20. The number of benzene rings is 1. The molecule has 0 N–H and O–H groups in total. The molecule has 1 atom stereocenters. The van der Waals surface area contributed by atoms with Crippen molar-refractivity contribution in [2.45, 2.75) is 78.9 Å². The lowest BCUT2D eigenvalue weighted by Gasteiger charge is -2.41. The molecule has 5 rings (SSSR count). The summed E-state index contributed by atoms with van der Waals surface area (Å²) in [7, 11) is 0. The van der Waals surface area contributed by atoms with Crippen LogP contribution < -0.4 is 10.6 Å². The van der Waals surface area contributed by atoms with E-state index in [9.17, 15) is 9.59 Å². The SMILES string of the molecule is C=Cc1ccccc1-c1nc2c(cc1Cl)c(N1CCN(C(=O)OC(C)(C)C)C[C@@H]1C)nc(=O)n2-c1c(C(C)C)ccnc1C(C)C. The van der Waals surface area contributed by atoms with Gasteiger partial charge in [0.2, 0.25) is 0 Å². The number of amides is 1. The van der Waals surface area contributed by atoms with Crippen LogP contribution in [0.25, 0.3) is 34.1 Å². The Hall–Kier alpha value is -4.24. The van der Waals surface area contributed by atoms with Crippen molar-refractivity contribution in [2.24, 2.45) is 0 Å². The fourth-order valence-electron chi connectivity index (χ4n) is 5.99.